The van der Waals surface area contributed by atoms with Crippen LogP contribution in [0.1, 0.15) is 40.0 Å². The van der Waals surface area contributed by atoms with Gasteiger partial charge < -0.3 is 10.1 Å². The van der Waals surface area contributed by atoms with Gasteiger partial charge in [0.1, 0.15) is 11.9 Å². The largest absolute Gasteiger partial charge is 0.490 e. The van der Waals surface area contributed by atoms with Crippen LogP contribution in [-0.2, 0) is 0 Å². The van der Waals surface area contributed by atoms with E-state index in [2.05, 4.69) is 26.1 Å². The standard InChI is InChI=1S/C16H24ClNO/c1-4-16(5-2)14(18-6-3)11-15(16)19-13-9-7-8-12(17)10-13/h7-10,14-15,18H,4-6,11H2,1-3H3. The summed E-state index contributed by atoms with van der Waals surface area (Å²) in [5.41, 5.74) is 0.262. The van der Waals surface area contributed by atoms with Crippen LogP contribution in [0.4, 0.5) is 0 Å². The summed E-state index contributed by atoms with van der Waals surface area (Å²) >= 11 is 6.01. The molecule has 1 aromatic rings. The van der Waals surface area contributed by atoms with Crippen molar-refractivity contribution in [2.24, 2.45) is 5.41 Å². The molecule has 0 aliphatic heterocycles. The maximum atomic E-state index is 6.18. The average molecular weight is 282 g/mol. The van der Waals surface area contributed by atoms with Gasteiger partial charge in [0.25, 0.3) is 0 Å². The zero-order valence-corrected chi connectivity index (χ0v) is 12.8. The normalized spacial score (nSPS) is 24.8. The number of rotatable bonds is 6. The minimum absolute atomic E-state index is 0.262. The molecule has 0 amide bonds. The average Bonchev–Trinajstić information content (AvgIpc) is 2.39. The summed E-state index contributed by atoms with van der Waals surface area (Å²) in [6.07, 6.45) is 3.67. The topological polar surface area (TPSA) is 21.3 Å². The molecule has 0 heterocycles. The minimum Gasteiger partial charge on any atom is -0.490 e. The SMILES string of the molecule is CCNC1CC(Oc2cccc(Cl)c2)C1(CC)CC. The van der Waals surface area contributed by atoms with Crippen molar-refractivity contribution in [3.63, 3.8) is 0 Å². The molecular formula is C16H24ClNO. The second kappa shape index (κ2) is 6.15. The third-order valence-corrected chi connectivity index (χ3v) is 4.86. The quantitative estimate of drug-likeness (QED) is 0.840. The fourth-order valence-electron chi connectivity index (χ4n) is 3.35. The smallest absolute Gasteiger partial charge is 0.121 e. The first-order chi connectivity index (χ1) is 9.16. The second-order valence-corrected chi connectivity index (χ2v) is 5.79. The van der Waals surface area contributed by atoms with E-state index in [9.17, 15) is 0 Å². The lowest BCUT2D eigenvalue weighted by Crippen LogP contribution is -2.64. The van der Waals surface area contributed by atoms with Crippen molar-refractivity contribution in [1.82, 2.24) is 5.32 Å². The fourth-order valence-corrected chi connectivity index (χ4v) is 3.53. The Labute approximate surface area is 121 Å². The molecule has 19 heavy (non-hydrogen) atoms. The van der Waals surface area contributed by atoms with E-state index in [4.69, 9.17) is 16.3 Å². The molecule has 0 radical (unpaired) electrons. The Kier molecular flexibility index (Phi) is 4.75. The number of ether oxygens (including phenoxy) is 1. The van der Waals surface area contributed by atoms with Gasteiger partial charge >= 0.3 is 0 Å². The van der Waals surface area contributed by atoms with E-state index in [0.29, 0.717) is 12.1 Å². The molecule has 1 saturated carbocycles. The Morgan fingerprint density at radius 1 is 1.32 bits per heavy atom. The summed E-state index contributed by atoms with van der Waals surface area (Å²) in [5.74, 6) is 0.888. The van der Waals surface area contributed by atoms with Gasteiger partial charge in [-0.2, -0.15) is 0 Å². The van der Waals surface area contributed by atoms with E-state index in [1.165, 1.54) is 0 Å². The van der Waals surface area contributed by atoms with Crippen LogP contribution in [0.3, 0.4) is 0 Å². The molecule has 1 N–H and O–H groups in total. The Morgan fingerprint density at radius 2 is 2.05 bits per heavy atom. The number of hydrogen-bond donors (Lipinski definition) is 1. The Balaban J connectivity index is 2.08. The van der Waals surface area contributed by atoms with E-state index in [1.807, 2.05) is 24.3 Å². The summed E-state index contributed by atoms with van der Waals surface area (Å²) in [6, 6.07) is 8.29. The first-order valence-corrected chi connectivity index (χ1v) is 7.69. The molecule has 2 unspecified atom stereocenters. The van der Waals surface area contributed by atoms with Gasteiger partial charge in [0, 0.05) is 22.9 Å². The Hall–Kier alpha value is -0.730. The Morgan fingerprint density at radius 3 is 2.63 bits per heavy atom. The summed E-state index contributed by atoms with van der Waals surface area (Å²) in [7, 11) is 0. The molecular weight excluding hydrogens is 258 g/mol. The van der Waals surface area contributed by atoms with Crippen molar-refractivity contribution in [2.45, 2.75) is 52.2 Å². The third kappa shape index (κ3) is 2.75. The summed E-state index contributed by atoms with van der Waals surface area (Å²) in [4.78, 5) is 0. The van der Waals surface area contributed by atoms with Gasteiger partial charge in [0.15, 0.2) is 0 Å². The zero-order valence-electron chi connectivity index (χ0n) is 12.1. The highest BCUT2D eigenvalue weighted by molar-refractivity contribution is 6.30. The maximum Gasteiger partial charge on any atom is 0.121 e. The van der Waals surface area contributed by atoms with Crippen LogP contribution in [0, 0.1) is 5.41 Å². The predicted octanol–water partition coefficient (Wildman–Crippen LogP) is 4.28. The van der Waals surface area contributed by atoms with Gasteiger partial charge in [0.05, 0.1) is 0 Å². The van der Waals surface area contributed by atoms with Crippen molar-refractivity contribution in [2.75, 3.05) is 6.54 Å². The van der Waals surface area contributed by atoms with Gasteiger partial charge in [0.2, 0.25) is 0 Å². The lowest BCUT2D eigenvalue weighted by atomic mass is 9.58. The monoisotopic (exact) mass is 281 g/mol. The van der Waals surface area contributed by atoms with E-state index in [0.717, 1.165) is 36.6 Å². The first kappa shape index (κ1) is 14.7. The number of halogens is 1. The molecule has 3 heteroatoms. The van der Waals surface area contributed by atoms with E-state index < -0.39 is 0 Å². The fraction of sp³-hybridized carbons (Fsp3) is 0.625. The van der Waals surface area contributed by atoms with Gasteiger partial charge in [-0.05, 0) is 37.6 Å². The van der Waals surface area contributed by atoms with Crippen molar-refractivity contribution >= 4 is 11.6 Å². The van der Waals surface area contributed by atoms with Gasteiger partial charge in [-0.25, -0.2) is 0 Å². The second-order valence-electron chi connectivity index (χ2n) is 5.35. The molecule has 1 aromatic carbocycles. The number of benzene rings is 1. The van der Waals surface area contributed by atoms with E-state index in [-0.39, 0.29) is 5.41 Å². The molecule has 2 atom stereocenters. The molecule has 106 valence electrons. The highest BCUT2D eigenvalue weighted by atomic mass is 35.5. The lowest BCUT2D eigenvalue weighted by Gasteiger charge is -2.55. The summed E-state index contributed by atoms with van der Waals surface area (Å²) in [5, 5.41) is 4.33. The van der Waals surface area contributed by atoms with Crippen molar-refractivity contribution < 1.29 is 4.74 Å². The highest BCUT2D eigenvalue weighted by Gasteiger charge is 2.53. The third-order valence-electron chi connectivity index (χ3n) is 4.63. The number of nitrogens with one attached hydrogen (secondary N) is 1. The van der Waals surface area contributed by atoms with Gasteiger partial charge in [-0.1, -0.05) is 38.4 Å². The summed E-state index contributed by atoms with van der Waals surface area (Å²) < 4.78 is 6.18. The van der Waals surface area contributed by atoms with Crippen molar-refractivity contribution in [3.05, 3.63) is 29.3 Å². The van der Waals surface area contributed by atoms with Crippen LogP contribution >= 0.6 is 11.6 Å². The van der Waals surface area contributed by atoms with E-state index >= 15 is 0 Å². The van der Waals surface area contributed by atoms with Gasteiger partial charge in [-0.3, -0.25) is 0 Å². The summed E-state index contributed by atoms with van der Waals surface area (Å²) in [6.45, 7) is 7.72. The molecule has 1 fully saturated rings. The Bertz CT molecular complexity index is 417. The molecule has 0 saturated heterocycles. The maximum absolute atomic E-state index is 6.18. The van der Waals surface area contributed by atoms with Crippen LogP contribution in [0.2, 0.25) is 5.02 Å². The van der Waals surface area contributed by atoms with Crippen molar-refractivity contribution in [3.8, 4) is 5.75 Å². The highest BCUT2D eigenvalue weighted by Crippen LogP contribution is 2.49. The lowest BCUT2D eigenvalue weighted by molar-refractivity contribution is -0.0854. The van der Waals surface area contributed by atoms with Crippen LogP contribution in [0.25, 0.3) is 0 Å². The van der Waals surface area contributed by atoms with Crippen LogP contribution in [-0.4, -0.2) is 18.7 Å². The van der Waals surface area contributed by atoms with Gasteiger partial charge in [-0.15, -0.1) is 0 Å². The van der Waals surface area contributed by atoms with E-state index in [1.54, 1.807) is 0 Å². The molecule has 1 aliphatic carbocycles. The predicted molar refractivity (Wildman–Crippen MR) is 81.0 cm³/mol. The molecule has 0 bridgehead atoms. The van der Waals surface area contributed by atoms with Crippen LogP contribution < -0.4 is 10.1 Å². The molecule has 1 aliphatic rings. The zero-order chi connectivity index (χ0) is 13.9. The minimum atomic E-state index is 0.262. The molecule has 0 aromatic heterocycles. The molecule has 0 spiro atoms. The number of hydrogen-bond acceptors (Lipinski definition) is 2. The van der Waals surface area contributed by atoms with Crippen LogP contribution in [0.15, 0.2) is 24.3 Å². The first-order valence-electron chi connectivity index (χ1n) is 7.31. The van der Waals surface area contributed by atoms with Crippen LogP contribution in [0.5, 0.6) is 5.75 Å². The molecule has 2 rings (SSSR count). The molecule has 2 nitrogen and oxygen atoms in total. The van der Waals surface area contributed by atoms with Crippen molar-refractivity contribution in [1.29, 1.82) is 0 Å².